The standard InChI is InChI=1S/C10H12FN5.C2HF3O2/c11-7-2-5-15(6-7)10-8(12)9-13-3-1-4-16(9)14-10;3-2(4,5)1(6)7/h1,3-4,7H,2,5-6,12H2;(H,6,7). The molecule has 1 atom stereocenters. The van der Waals surface area contributed by atoms with E-state index < -0.39 is 18.3 Å². The number of hydrogen-bond donors (Lipinski definition) is 2. The molecule has 11 heteroatoms. The highest BCUT2D eigenvalue weighted by molar-refractivity contribution is 5.78. The number of carboxylic acid groups (broad SMARTS) is 1. The number of nitrogens with two attached hydrogens (primary N) is 1. The quantitative estimate of drug-likeness (QED) is 0.767. The third-order valence-electron chi connectivity index (χ3n) is 3.08. The Bertz CT molecular complexity index is 702. The number of fused-ring (bicyclic) bond motifs is 1. The van der Waals surface area contributed by atoms with Crippen LogP contribution in [0.2, 0.25) is 0 Å². The molecule has 0 spiro atoms. The molecule has 126 valence electrons. The fourth-order valence-corrected chi connectivity index (χ4v) is 2.04. The maximum absolute atomic E-state index is 13.1. The minimum atomic E-state index is -5.08. The van der Waals surface area contributed by atoms with Crippen molar-refractivity contribution in [1.82, 2.24) is 14.6 Å². The second-order valence-corrected chi connectivity index (χ2v) is 4.76. The van der Waals surface area contributed by atoms with E-state index in [-0.39, 0.29) is 0 Å². The minimum absolute atomic E-state index is 0.369. The number of anilines is 2. The summed E-state index contributed by atoms with van der Waals surface area (Å²) in [7, 11) is 0. The zero-order valence-corrected chi connectivity index (χ0v) is 11.7. The van der Waals surface area contributed by atoms with Crippen LogP contribution in [0.4, 0.5) is 29.1 Å². The van der Waals surface area contributed by atoms with E-state index in [1.54, 1.807) is 23.0 Å². The second-order valence-electron chi connectivity index (χ2n) is 4.76. The number of carbonyl (C=O) groups is 1. The van der Waals surface area contributed by atoms with E-state index in [0.29, 0.717) is 36.7 Å². The van der Waals surface area contributed by atoms with Crippen molar-refractivity contribution in [2.75, 3.05) is 23.7 Å². The lowest BCUT2D eigenvalue weighted by atomic mass is 10.3. The summed E-state index contributed by atoms with van der Waals surface area (Å²) < 4.78 is 46.5. The maximum atomic E-state index is 13.1. The SMILES string of the molecule is Nc1c(N2CCC(F)C2)nn2cccnc12.O=C(O)C(F)(F)F. The van der Waals surface area contributed by atoms with Gasteiger partial charge >= 0.3 is 12.1 Å². The monoisotopic (exact) mass is 335 g/mol. The van der Waals surface area contributed by atoms with Gasteiger partial charge in [-0.15, -0.1) is 5.10 Å². The number of carboxylic acids is 1. The number of hydrogen-bond acceptors (Lipinski definition) is 5. The van der Waals surface area contributed by atoms with Crippen LogP contribution in [0.5, 0.6) is 0 Å². The number of aliphatic carboxylic acids is 1. The minimum Gasteiger partial charge on any atom is -0.475 e. The Labute approximate surface area is 127 Å². The van der Waals surface area contributed by atoms with Crippen LogP contribution >= 0.6 is 0 Å². The van der Waals surface area contributed by atoms with Gasteiger partial charge in [-0.2, -0.15) is 13.2 Å². The van der Waals surface area contributed by atoms with Crippen LogP contribution in [0.25, 0.3) is 5.65 Å². The van der Waals surface area contributed by atoms with Gasteiger partial charge in [-0.3, -0.25) is 0 Å². The van der Waals surface area contributed by atoms with Gasteiger partial charge in [0.2, 0.25) is 0 Å². The van der Waals surface area contributed by atoms with Gasteiger partial charge in [-0.05, 0) is 12.5 Å². The summed E-state index contributed by atoms with van der Waals surface area (Å²) in [6.45, 7) is 1.03. The average Bonchev–Trinajstić information content (AvgIpc) is 3.03. The van der Waals surface area contributed by atoms with Crippen LogP contribution in [0.1, 0.15) is 6.42 Å². The largest absolute Gasteiger partial charge is 0.490 e. The Morgan fingerprint density at radius 2 is 2.09 bits per heavy atom. The number of nitrogen functional groups attached to an aromatic ring is 1. The van der Waals surface area contributed by atoms with Gasteiger partial charge in [0.25, 0.3) is 0 Å². The van der Waals surface area contributed by atoms with Gasteiger partial charge in [-0.1, -0.05) is 0 Å². The topological polar surface area (TPSA) is 96.8 Å². The van der Waals surface area contributed by atoms with Crippen LogP contribution in [0.15, 0.2) is 18.5 Å². The number of rotatable bonds is 1. The summed E-state index contributed by atoms with van der Waals surface area (Å²) >= 11 is 0. The molecule has 3 heterocycles. The first-order chi connectivity index (χ1) is 10.7. The summed E-state index contributed by atoms with van der Waals surface area (Å²) in [5.41, 5.74) is 7.10. The van der Waals surface area contributed by atoms with E-state index in [2.05, 4.69) is 10.1 Å². The van der Waals surface area contributed by atoms with Gasteiger partial charge in [0, 0.05) is 18.9 Å². The van der Waals surface area contributed by atoms with Crippen molar-refractivity contribution in [3.8, 4) is 0 Å². The van der Waals surface area contributed by atoms with Gasteiger partial charge < -0.3 is 15.7 Å². The molecule has 0 bridgehead atoms. The van der Waals surface area contributed by atoms with Gasteiger partial charge in [0.05, 0.1) is 6.54 Å². The second kappa shape index (κ2) is 6.26. The molecule has 0 saturated carbocycles. The first-order valence-corrected chi connectivity index (χ1v) is 6.48. The number of aromatic nitrogens is 3. The van der Waals surface area contributed by atoms with E-state index in [0.717, 1.165) is 0 Å². The van der Waals surface area contributed by atoms with Crippen LogP contribution in [0.3, 0.4) is 0 Å². The zero-order chi connectivity index (χ0) is 17.2. The predicted octanol–water partition coefficient (Wildman–Crippen LogP) is 1.49. The number of nitrogens with zero attached hydrogens (tertiary/aromatic N) is 4. The molecule has 3 rings (SSSR count). The molecule has 7 nitrogen and oxygen atoms in total. The van der Waals surface area contributed by atoms with Crippen molar-refractivity contribution in [3.63, 3.8) is 0 Å². The Balaban J connectivity index is 0.000000236. The highest BCUT2D eigenvalue weighted by Gasteiger charge is 2.38. The lowest BCUT2D eigenvalue weighted by molar-refractivity contribution is -0.192. The number of halogens is 4. The predicted molar refractivity (Wildman–Crippen MR) is 72.8 cm³/mol. The van der Waals surface area contributed by atoms with E-state index >= 15 is 0 Å². The summed E-state index contributed by atoms with van der Waals surface area (Å²) in [5, 5.41) is 11.4. The van der Waals surface area contributed by atoms with Gasteiger partial charge in [-0.25, -0.2) is 18.7 Å². The molecule has 0 aliphatic carbocycles. The first kappa shape index (κ1) is 16.8. The van der Waals surface area contributed by atoms with Crippen molar-refractivity contribution >= 4 is 23.1 Å². The van der Waals surface area contributed by atoms with Gasteiger partial charge in [0.1, 0.15) is 11.9 Å². The molecule has 1 fully saturated rings. The van der Waals surface area contributed by atoms with Crippen LogP contribution in [-0.2, 0) is 4.79 Å². The molecule has 2 aromatic heterocycles. The summed E-state index contributed by atoms with van der Waals surface area (Å²) in [6, 6.07) is 1.78. The highest BCUT2D eigenvalue weighted by atomic mass is 19.4. The highest BCUT2D eigenvalue weighted by Crippen LogP contribution is 2.28. The summed E-state index contributed by atoms with van der Waals surface area (Å²) in [4.78, 5) is 14.9. The van der Waals surface area contributed by atoms with Crippen molar-refractivity contribution in [1.29, 1.82) is 0 Å². The lowest BCUT2D eigenvalue weighted by Crippen LogP contribution is -2.21. The molecular weight excluding hydrogens is 322 g/mol. The fourth-order valence-electron chi connectivity index (χ4n) is 2.04. The average molecular weight is 335 g/mol. The third kappa shape index (κ3) is 3.79. The zero-order valence-electron chi connectivity index (χ0n) is 11.7. The van der Waals surface area contributed by atoms with Crippen LogP contribution in [0, 0.1) is 0 Å². The molecule has 1 aliphatic heterocycles. The molecule has 0 amide bonds. The van der Waals surface area contributed by atoms with Crippen molar-refractivity contribution in [3.05, 3.63) is 18.5 Å². The molecule has 1 unspecified atom stereocenters. The summed E-state index contributed by atoms with van der Waals surface area (Å²) in [5.74, 6) is -2.12. The van der Waals surface area contributed by atoms with Crippen molar-refractivity contribution in [2.45, 2.75) is 18.8 Å². The van der Waals surface area contributed by atoms with Crippen LogP contribution < -0.4 is 10.6 Å². The van der Waals surface area contributed by atoms with Gasteiger partial charge in [0.15, 0.2) is 11.5 Å². The third-order valence-corrected chi connectivity index (χ3v) is 3.08. The molecule has 23 heavy (non-hydrogen) atoms. The Morgan fingerprint density at radius 3 is 2.57 bits per heavy atom. The maximum Gasteiger partial charge on any atom is 0.490 e. The van der Waals surface area contributed by atoms with Crippen LogP contribution in [-0.4, -0.2) is 51.1 Å². The Hall–Kier alpha value is -2.59. The molecule has 0 radical (unpaired) electrons. The van der Waals surface area contributed by atoms with E-state index in [9.17, 15) is 17.6 Å². The fraction of sp³-hybridized carbons (Fsp3) is 0.417. The smallest absolute Gasteiger partial charge is 0.475 e. The van der Waals surface area contributed by atoms with E-state index in [4.69, 9.17) is 15.6 Å². The molecule has 0 aromatic carbocycles. The first-order valence-electron chi connectivity index (χ1n) is 6.48. The summed E-state index contributed by atoms with van der Waals surface area (Å²) in [6.07, 6.45) is -1.87. The molecule has 2 aromatic rings. The van der Waals surface area contributed by atoms with E-state index in [1.165, 1.54) is 0 Å². The normalized spacial score (nSPS) is 17.9. The van der Waals surface area contributed by atoms with Crippen molar-refractivity contribution < 1.29 is 27.5 Å². The Kier molecular flexibility index (Phi) is 4.57. The molecule has 1 saturated heterocycles. The molecule has 3 N–H and O–H groups in total. The number of alkyl halides is 4. The lowest BCUT2D eigenvalue weighted by Gasteiger charge is -2.13. The molecular formula is C12H13F4N5O2. The van der Waals surface area contributed by atoms with E-state index in [1.807, 2.05) is 4.90 Å². The van der Waals surface area contributed by atoms with Crippen molar-refractivity contribution in [2.24, 2.45) is 0 Å². The molecule has 1 aliphatic rings. The Morgan fingerprint density at radius 1 is 1.43 bits per heavy atom.